The van der Waals surface area contributed by atoms with Gasteiger partial charge < -0.3 is 0 Å². The minimum absolute atomic E-state index is 0.161. The zero-order chi connectivity index (χ0) is 14.0. The maximum absolute atomic E-state index is 13.0. The minimum atomic E-state index is -2.95. The summed E-state index contributed by atoms with van der Waals surface area (Å²) in [5.41, 5.74) is 1.07. The van der Waals surface area contributed by atoms with E-state index < -0.39 is 9.84 Å². The van der Waals surface area contributed by atoms with E-state index >= 15 is 0 Å². The molecule has 1 aliphatic carbocycles. The molecule has 0 bridgehead atoms. The van der Waals surface area contributed by atoms with Gasteiger partial charge in [-0.1, -0.05) is 12.1 Å². The highest BCUT2D eigenvalue weighted by Gasteiger charge is 2.35. The van der Waals surface area contributed by atoms with E-state index in [9.17, 15) is 12.8 Å². The fourth-order valence-electron chi connectivity index (χ4n) is 2.41. The Morgan fingerprint density at radius 2 is 1.89 bits per heavy atom. The topological polar surface area (TPSA) is 37.4 Å². The van der Waals surface area contributed by atoms with E-state index in [0.29, 0.717) is 12.5 Å². The van der Waals surface area contributed by atoms with E-state index in [1.165, 1.54) is 18.4 Å². The third-order valence-corrected chi connectivity index (χ3v) is 4.49. The van der Waals surface area contributed by atoms with Crippen molar-refractivity contribution in [2.75, 3.05) is 25.6 Å². The van der Waals surface area contributed by atoms with E-state index in [1.54, 1.807) is 12.1 Å². The second-order valence-electron chi connectivity index (χ2n) is 5.44. The molecule has 0 unspecified atom stereocenters. The molecule has 1 atom stereocenters. The lowest BCUT2D eigenvalue weighted by atomic mass is 10.0. The van der Waals surface area contributed by atoms with E-state index in [-0.39, 0.29) is 17.6 Å². The van der Waals surface area contributed by atoms with Gasteiger partial charge in [-0.3, -0.25) is 4.90 Å². The maximum Gasteiger partial charge on any atom is 0.148 e. The van der Waals surface area contributed by atoms with E-state index in [4.69, 9.17) is 0 Å². The van der Waals surface area contributed by atoms with Crippen LogP contribution in [0, 0.1) is 11.7 Å². The molecular formula is C14H20FNO2S. The molecular weight excluding hydrogens is 265 g/mol. The van der Waals surface area contributed by atoms with Crippen LogP contribution in [0.4, 0.5) is 4.39 Å². The molecule has 2 rings (SSSR count). The van der Waals surface area contributed by atoms with Gasteiger partial charge in [0.25, 0.3) is 0 Å². The highest BCUT2D eigenvalue weighted by Crippen LogP contribution is 2.43. The molecule has 106 valence electrons. The van der Waals surface area contributed by atoms with E-state index in [0.717, 1.165) is 18.4 Å². The normalized spacial score (nSPS) is 17.7. The van der Waals surface area contributed by atoms with Crippen molar-refractivity contribution in [3.8, 4) is 0 Å². The fourth-order valence-corrected chi connectivity index (χ4v) is 3.03. The number of sulfone groups is 1. The predicted octanol–water partition coefficient (Wildman–Crippen LogP) is 2.25. The van der Waals surface area contributed by atoms with Crippen LogP contribution >= 0.6 is 0 Å². The SMILES string of the molecule is CN(CCS(C)(=O)=O)[C@H](c1ccc(F)cc1)C1CC1. The first-order chi connectivity index (χ1) is 8.87. The molecule has 0 aliphatic heterocycles. The zero-order valence-corrected chi connectivity index (χ0v) is 12.2. The molecule has 1 aromatic rings. The van der Waals surface area contributed by atoms with Gasteiger partial charge in [0.05, 0.1) is 5.75 Å². The Bertz CT molecular complexity index is 523. The van der Waals surface area contributed by atoms with Crippen LogP contribution in [0.5, 0.6) is 0 Å². The Morgan fingerprint density at radius 3 is 2.37 bits per heavy atom. The second kappa shape index (κ2) is 5.59. The van der Waals surface area contributed by atoms with Crippen LogP contribution in [0.2, 0.25) is 0 Å². The van der Waals surface area contributed by atoms with Gasteiger partial charge in [0, 0.05) is 18.8 Å². The lowest BCUT2D eigenvalue weighted by Gasteiger charge is -2.28. The highest BCUT2D eigenvalue weighted by atomic mass is 32.2. The zero-order valence-electron chi connectivity index (χ0n) is 11.3. The summed E-state index contributed by atoms with van der Waals surface area (Å²) in [6.45, 7) is 0.511. The molecule has 19 heavy (non-hydrogen) atoms. The van der Waals surface area contributed by atoms with Gasteiger partial charge >= 0.3 is 0 Å². The lowest BCUT2D eigenvalue weighted by molar-refractivity contribution is 0.233. The summed E-state index contributed by atoms with van der Waals surface area (Å²) in [7, 11) is -1.01. The lowest BCUT2D eigenvalue weighted by Crippen LogP contribution is -2.30. The monoisotopic (exact) mass is 285 g/mol. The van der Waals surface area contributed by atoms with Crippen molar-refractivity contribution in [1.82, 2.24) is 4.90 Å². The summed E-state index contributed by atoms with van der Waals surface area (Å²) >= 11 is 0. The molecule has 0 N–H and O–H groups in total. The number of hydrogen-bond donors (Lipinski definition) is 0. The van der Waals surface area contributed by atoms with Crippen LogP contribution in [0.3, 0.4) is 0 Å². The standard InChI is InChI=1S/C14H20FNO2S/c1-16(9-10-19(2,17)18)14(11-3-4-11)12-5-7-13(15)8-6-12/h5-8,11,14H,3-4,9-10H2,1-2H3/t14-/m0/s1. The molecule has 1 saturated carbocycles. The third kappa shape index (κ3) is 4.28. The average Bonchev–Trinajstić information content (AvgIpc) is 3.13. The van der Waals surface area contributed by atoms with Crippen LogP contribution in [-0.4, -0.2) is 38.9 Å². The molecule has 0 amide bonds. The Balaban J connectivity index is 2.09. The smallest absolute Gasteiger partial charge is 0.148 e. The van der Waals surface area contributed by atoms with Gasteiger partial charge in [-0.15, -0.1) is 0 Å². The number of benzene rings is 1. The number of hydrogen-bond acceptors (Lipinski definition) is 3. The van der Waals surface area contributed by atoms with Gasteiger partial charge in [0.1, 0.15) is 15.7 Å². The first kappa shape index (κ1) is 14.5. The van der Waals surface area contributed by atoms with Crippen molar-refractivity contribution in [2.45, 2.75) is 18.9 Å². The largest absolute Gasteiger partial charge is 0.298 e. The molecule has 1 fully saturated rings. The van der Waals surface area contributed by atoms with Crippen molar-refractivity contribution >= 4 is 9.84 Å². The molecule has 5 heteroatoms. The van der Waals surface area contributed by atoms with Crippen molar-refractivity contribution in [3.05, 3.63) is 35.6 Å². The average molecular weight is 285 g/mol. The van der Waals surface area contributed by atoms with E-state index in [2.05, 4.69) is 4.90 Å². The van der Waals surface area contributed by atoms with Crippen molar-refractivity contribution in [1.29, 1.82) is 0 Å². The van der Waals surface area contributed by atoms with Gasteiger partial charge in [-0.25, -0.2) is 12.8 Å². The molecule has 0 spiro atoms. The molecule has 0 radical (unpaired) electrons. The van der Waals surface area contributed by atoms with Crippen molar-refractivity contribution in [2.24, 2.45) is 5.92 Å². The summed E-state index contributed by atoms with van der Waals surface area (Å²) in [6, 6.07) is 6.73. The van der Waals surface area contributed by atoms with Crippen LogP contribution in [-0.2, 0) is 9.84 Å². The quantitative estimate of drug-likeness (QED) is 0.804. The minimum Gasteiger partial charge on any atom is -0.298 e. The van der Waals surface area contributed by atoms with Crippen molar-refractivity contribution in [3.63, 3.8) is 0 Å². The molecule has 3 nitrogen and oxygen atoms in total. The molecule has 1 aromatic carbocycles. The van der Waals surface area contributed by atoms with Crippen LogP contribution < -0.4 is 0 Å². The molecule has 0 aromatic heterocycles. The highest BCUT2D eigenvalue weighted by molar-refractivity contribution is 7.90. The predicted molar refractivity (Wildman–Crippen MR) is 74.2 cm³/mol. The Morgan fingerprint density at radius 1 is 1.32 bits per heavy atom. The Labute approximate surface area is 114 Å². The molecule has 0 heterocycles. The van der Waals surface area contributed by atoms with Crippen LogP contribution in [0.25, 0.3) is 0 Å². The van der Waals surface area contributed by atoms with Gasteiger partial charge in [0.15, 0.2) is 0 Å². The third-order valence-electron chi connectivity index (χ3n) is 3.57. The van der Waals surface area contributed by atoms with E-state index in [1.807, 2.05) is 7.05 Å². The molecule has 1 aliphatic rings. The Kier molecular flexibility index (Phi) is 4.26. The summed E-state index contributed by atoms with van der Waals surface area (Å²) in [5, 5.41) is 0. The Hall–Kier alpha value is -0.940. The molecule has 0 saturated heterocycles. The van der Waals surface area contributed by atoms with Gasteiger partial charge in [-0.05, 0) is 43.5 Å². The number of halogens is 1. The van der Waals surface area contributed by atoms with Crippen LogP contribution in [0.1, 0.15) is 24.4 Å². The van der Waals surface area contributed by atoms with Crippen LogP contribution in [0.15, 0.2) is 24.3 Å². The summed E-state index contributed by atoms with van der Waals surface area (Å²) in [5.74, 6) is 0.487. The van der Waals surface area contributed by atoms with Crippen molar-refractivity contribution < 1.29 is 12.8 Å². The van der Waals surface area contributed by atoms with Gasteiger partial charge in [-0.2, -0.15) is 0 Å². The number of nitrogens with zero attached hydrogens (tertiary/aromatic N) is 1. The second-order valence-corrected chi connectivity index (χ2v) is 7.70. The summed E-state index contributed by atoms with van der Waals surface area (Å²) in [6.07, 6.45) is 3.57. The summed E-state index contributed by atoms with van der Waals surface area (Å²) in [4.78, 5) is 2.08. The number of rotatable bonds is 6. The first-order valence-electron chi connectivity index (χ1n) is 6.50. The summed E-state index contributed by atoms with van der Waals surface area (Å²) < 4.78 is 35.5. The first-order valence-corrected chi connectivity index (χ1v) is 8.56. The fraction of sp³-hybridized carbons (Fsp3) is 0.571. The maximum atomic E-state index is 13.0. The van der Waals surface area contributed by atoms with Gasteiger partial charge in [0.2, 0.25) is 0 Å².